The number of rotatable bonds is 5. The summed E-state index contributed by atoms with van der Waals surface area (Å²) >= 11 is 7.43. The van der Waals surface area contributed by atoms with E-state index in [0.29, 0.717) is 36.9 Å². The Hall–Kier alpha value is -3.68. The molecule has 0 saturated heterocycles. The Balaban J connectivity index is 1.86. The van der Waals surface area contributed by atoms with Crippen molar-refractivity contribution in [2.75, 3.05) is 13.7 Å². The fraction of sp³-hybridized carbons (Fsp3) is 0.179. The number of carbonyl (C=O) groups is 1. The van der Waals surface area contributed by atoms with Gasteiger partial charge in [-0.1, -0.05) is 65.4 Å². The van der Waals surface area contributed by atoms with E-state index in [1.165, 1.54) is 11.3 Å². The van der Waals surface area contributed by atoms with Crippen LogP contribution >= 0.6 is 22.9 Å². The average molecular weight is 519 g/mol. The molecule has 182 valence electrons. The predicted molar refractivity (Wildman–Crippen MR) is 142 cm³/mol. The zero-order valence-corrected chi connectivity index (χ0v) is 21.5. The standard InChI is InChI=1S/C28H23ClN2O4S/c1-4-35-27(33)23-16(2)30-28-31(26(32)22(36-28)15-17-8-7-10-19(29)14-17)25(23)24-20-11-6-5-9-18(20)12-13-21(24)34-3/h5-15,25H,4H2,1-3H3/b22-15+/t25-/m0/s1. The predicted octanol–water partition coefficient (Wildman–Crippen LogP) is 4.61. The number of allylic oxidation sites excluding steroid dienone is 1. The van der Waals surface area contributed by atoms with Crippen molar-refractivity contribution in [3.63, 3.8) is 0 Å². The van der Waals surface area contributed by atoms with Crippen LogP contribution < -0.4 is 19.6 Å². The highest BCUT2D eigenvalue weighted by Gasteiger charge is 2.36. The number of methoxy groups -OCH3 is 1. The molecule has 4 aromatic rings. The van der Waals surface area contributed by atoms with Crippen LogP contribution in [0, 0.1) is 0 Å². The smallest absolute Gasteiger partial charge is 0.338 e. The molecule has 0 radical (unpaired) electrons. The monoisotopic (exact) mass is 518 g/mol. The van der Waals surface area contributed by atoms with E-state index >= 15 is 0 Å². The van der Waals surface area contributed by atoms with Gasteiger partial charge in [0.2, 0.25) is 0 Å². The number of ether oxygens (including phenoxy) is 2. The molecule has 0 amide bonds. The highest BCUT2D eigenvalue weighted by atomic mass is 35.5. The summed E-state index contributed by atoms with van der Waals surface area (Å²) in [4.78, 5) is 32.3. The fourth-order valence-corrected chi connectivity index (χ4v) is 5.79. The number of hydrogen-bond donors (Lipinski definition) is 0. The first-order chi connectivity index (χ1) is 17.4. The lowest BCUT2D eigenvalue weighted by molar-refractivity contribution is -0.139. The minimum atomic E-state index is -0.775. The number of nitrogens with zero attached hydrogens (tertiary/aromatic N) is 2. The zero-order chi connectivity index (χ0) is 25.4. The lowest BCUT2D eigenvalue weighted by Gasteiger charge is -2.27. The molecular weight excluding hydrogens is 496 g/mol. The second kappa shape index (κ2) is 9.76. The van der Waals surface area contributed by atoms with E-state index in [9.17, 15) is 9.59 Å². The summed E-state index contributed by atoms with van der Waals surface area (Å²) in [6.07, 6.45) is 1.79. The van der Waals surface area contributed by atoms with Gasteiger partial charge in [0.1, 0.15) is 11.8 Å². The van der Waals surface area contributed by atoms with Gasteiger partial charge >= 0.3 is 5.97 Å². The SMILES string of the molecule is CCOC(=O)C1=C(C)N=c2s/c(=C/c3cccc(Cl)c3)c(=O)n2[C@@H]1c1c(OC)ccc2ccccc12. The van der Waals surface area contributed by atoms with E-state index in [0.717, 1.165) is 16.3 Å². The molecule has 36 heavy (non-hydrogen) atoms. The van der Waals surface area contributed by atoms with Gasteiger partial charge in [-0.15, -0.1) is 0 Å². The van der Waals surface area contributed by atoms with Crippen LogP contribution in [0.25, 0.3) is 16.8 Å². The van der Waals surface area contributed by atoms with Gasteiger partial charge < -0.3 is 9.47 Å². The molecule has 5 rings (SSSR count). The third kappa shape index (κ3) is 4.14. The summed E-state index contributed by atoms with van der Waals surface area (Å²) in [5.74, 6) is 0.0578. The molecule has 8 heteroatoms. The van der Waals surface area contributed by atoms with E-state index in [4.69, 9.17) is 21.1 Å². The van der Waals surface area contributed by atoms with Crippen LogP contribution in [-0.4, -0.2) is 24.3 Å². The van der Waals surface area contributed by atoms with Crippen LogP contribution in [0.2, 0.25) is 5.02 Å². The van der Waals surface area contributed by atoms with Gasteiger partial charge in [-0.25, -0.2) is 9.79 Å². The zero-order valence-electron chi connectivity index (χ0n) is 19.9. The van der Waals surface area contributed by atoms with Crippen LogP contribution in [-0.2, 0) is 9.53 Å². The molecule has 0 saturated carbocycles. The molecule has 1 aromatic heterocycles. The van der Waals surface area contributed by atoms with Gasteiger partial charge in [-0.05, 0) is 54.5 Å². The Bertz CT molecular complexity index is 1720. The molecule has 0 unspecified atom stereocenters. The van der Waals surface area contributed by atoms with Crippen LogP contribution in [0.4, 0.5) is 0 Å². The van der Waals surface area contributed by atoms with Crippen LogP contribution in [0.15, 0.2) is 81.7 Å². The van der Waals surface area contributed by atoms with Crippen LogP contribution in [0.5, 0.6) is 5.75 Å². The van der Waals surface area contributed by atoms with E-state index < -0.39 is 12.0 Å². The van der Waals surface area contributed by atoms with Crippen molar-refractivity contribution >= 4 is 45.8 Å². The molecule has 6 nitrogen and oxygen atoms in total. The molecule has 0 aliphatic carbocycles. The maximum Gasteiger partial charge on any atom is 0.338 e. The topological polar surface area (TPSA) is 69.9 Å². The molecule has 0 N–H and O–H groups in total. The lowest BCUT2D eigenvalue weighted by Crippen LogP contribution is -2.40. The van der Waals surface area contributed by atoms with Gasteiger partial charge in [0, 0.05) is 10.6 Å². The number of carbonyl (C=O) groups excluding carboxylic acids is 1. The number of thiazole rings is 1. The molecule has 0 bridgehead atoms. The van der Waals surface area contributed by atoms with Crippen molar-refractivity contribution in [3.05, 3.63) is 108 Å². The van der Waals surface area contributed by atoms with Crippen molar-refractivity contribution in [2.45, 2.75) is 19.9 Å². The Morgan fingerprint density at radius 2 is 1.97 bits per heavy atom. The molecule has 0 spiro atoms. The first-order valence-electron chi connectivity index (χ1n) is 11.4. The molecular formula is C28H23ClN2O4S. The van der Waals surface area contributed by atoms with Crippen molar-refractivity contribution in [2.24, 2.45) is 4.99 Å². The minimum Gasteiger partial charge on any atom is -0.496 e. The van der Waals surface area contributed by atoms with E-state index in [-0.39, 0.29) is 12.2 Å². The Morgan fingerprint density at radius 3 is 2.72 bits per heavy atom. The summed E-state index contributed by atoms with van der Waals surface area (Å²) in [5.41, 5.74) is 2.07. The Morgan fingerprint density at radius 1 is 1.17 bits per heavy atom. The number of halogens is 1. The van der Waals surface area contributed by atoms with Crippen LogP contribution in [0.1, 0.15) is 31.0 Å². The number of esters is 1. The Kier molecular flexibility index (Phi) is 6.51. The third-order valence-corrected chi connectivity index (χ3v) is 7.31. The number of fused-ring (bicyclic) bond motifs is 2. The maximum atomic E-state index is 13.9. The van der Waals surface area contributed by atoms with Gasteiger partial charge in [-0.3, -0.25) is 9.36 Å². The fourth-order valence-electron chi connectivity index (χ4n) is 4.55. The normalized spacial score (nSPS) is 15.6. The highest BCUT2D eigenvalue weighted by Crippen LogP contribution is 2.40. The summed E-state index contributed by atoms with van der Waals surface area (Å²) in [7, 11) is 1.58. The van der Waals surface area contributed by atoms with Crippen LogP contribution in [0.3, 0.4) is 0 Å². The molecule has 3 aromatic carbocycles. The van der Waals surface area contributed by atoms with Gasteiger partial charge in [-0.2, -0.15) is 0 Å². The second-order valence-corrected chi connectivity index (χ2v) is 9.71. The van der Waals surface area contributed by atoms with Gasteiger partial charge in [0.25, 0.3) is 5.56 Å². The number of hydrogen-bond acceptors (Lipinski definition) is 6. The van der Waals surface area contributed by atoms with Crippen molar-refractivity contribution in [1.82, 2.24) is 4.57 Å². The summed E-state index contributed by atoms with van der Waals surface area (Å²) < 4.78 is 13.2. The largest absolute Gasteiger partial charge is 0.496 e. The lowest BCUT2D eigenvalue weighted by atomic mass is 9.90. The van der Waals surface area contributed by atoms with Crippen molar-refractivity contribution in [1.29, 1.82) is 0 Å². The van der Waals surface area contributed by atoms with E-state index in [1.54, 1.807) is 43.7 Å². The third-order valence-electron chi connectivity index (χ3n) is 6.09. The quantitative estimate of drug-likeness (QED) is 0.362. The minimum absolute atomic E-state index is 0.203. The molecule has 1 aliphatic heterocycles. The highest BCUT2D eigenvalue weighted by molar-refractivity contribution is 7.07. The average Bonchev–Trinajstić information content (AvgIpc) is 3.16. The van der Waals surface area contributed by atoms with Crippen molar-refractivity contribution in [3.8, 4) is 5.75 Å². The summed E-state index contributed by atoms with van der Waals surface area (Å²) in [5, 5.41) is 2.42. The summed E-state index contributed by atoms with van der Waals surface area (Å²) in [6.45, 7) is 3.72. The molecule has 1 aliphatic rings. The Labute approximate surface area is 216 Å². The molecule has 0 fully saturated rings. The van der Waals surface area contributed by atoms with E-state index in [2.05, 4.69) is 4.99 Å². The van der Waals surface area contributed by atoms with Gasteiger partial charge in [0.15, 0.2) is 4.80 Å². The second-order valence-electron chi connectivity index (χ2n) is 8.26. The first-order valence-corrected chi connectivity index (χ1v) is 12.6. The summed E-state index contributed by atoms with van der Waals surface area (Å²) in [6, 6.07) is 18.2. The van der Waals surface area contributed by atoms with Gasteiger partial charge in [0.05, 0.1) is 29.5 Å². The van der Waals surface area contributed by atoms with Crippen molar-refractivity contribution < 1.29 is 14.3 Å². The first kappa shape index (κ1) is 24.0. The number of benzene rings is 3. The van der Waals surface area contributed by atoms with E-state index in [1.807, 2.05) is 48.5 Å². The molecule has 2 heterocycles. The number of aromatic nitrogens is 1. The maximum absolute atomic E-state index is 13.9. The molecule has 1 atom stereocenters.